The van der Waals surface area contributed by atoms with Crippen LogP contribution in [0.5, 0.6) is 0 Å². The normalized spacial score (nSPS) is 21.8. The minimum Gasteiger partial charge on any atom is -0.456 e. The Kier molecular flexibility index (Phi) is 6.15. The third-order valence-electron chi connectivity index (χ3n) is 3.42. The maximum Gasteiger partial charge on any atom is 0.338 e. The molecule has 24 heavy (non-hydrogen) atoms. The summed E-state index contributed by atoms with van der Waals surface area (Å²) in [6, 6.07) is 8.64. The summed E-state index contributed by atoms with van der Waals surface area (Å²) < 4.78 is 9.00. The second kappa shape index (κ2) is 7.74. The number of ether oxygens (including phenoxy) is 2. The molecule has 0 bridgehead atoms. The number of benzene rings is 1. The van der Waals surface area contributed by atoms with E-state index in [1.807, 2.05) is 6.07 Å². The van der Waals surface area contributed by atoms with Crippen LogP contribution in [0.3, 0.4) is 0 Å². The highest BCUT2D eigenvalue weighted by Gasteiger charge is 2.36. The van der Waals surface area contributed by atoms with Crippen LogP contribution in [0.1, 0.15) is 24.2 Å². The second-order valence-electron chi connectivity index (χ2n) is 5.34. The highest BCUT2D eigenvalue weighted by Crippen LogP contribution is 2.28. The third-order valence-corrected chi connectivity index (χ3v) is 3.93. The predicted molar refractivity (Wildman–Crippen MR) is 92.2 cm³/mol. The Morgan fingerprint density at radius 2 is 1.88 bits per heavy atom. The molecule has 0 fully saturated rings. The highest BCUT2D eigenvalue weighted by molar-refractivity contribution is 6.76. The maximum absolute atomic E-state index is 12.1. The summed E-state index contributed by atoms with van der Waals surface area (Å²) in [6.45, 7) is 3.51. The van der Waals surface area contributed by atoms with E-state index in [2.05, 4.69) is 5.32 Å². The molecule has 0 saturated heterocycles. The van der Waals surface area contributed by atoms with Crippen molar-refractivity contribution in [3.05, 3.63) is 47.5 Å². The molecule has 0 aliphatic carbocycles. The Balaban J connectivity index is 1.94. The number of hydrogen-bond donors (Lipinski definition) is 1. The molecule has 1 aromatic rings. The molecule has 130 valence electrons. The molecule has 1 aromatic carbocycles. The van der Waals surface area contributed by atoms with E-state index in [9.17, 15) is 9.59 Å². The van der Waals surface area contributed by atoms with Crippen molar-refractivity contribution in [1.29, 1.82) is 0 Å². The second-order valence-corrected chi connectivity index (χ2v) is 7.62. The number of esters is 1. The number of rotatable bonds is 4. The molecule has 0 aromatic heterocycles. The summed E-state index contributed by atoms with van der Waals surface area (Å²) in [7, 11) is 0. The summed E-state index contributed by atoms with van der Waals surface area (Å²) >= 11 is 16.5. The lowest BCUT2D eigenvalue weighted by Gasteiger charge is -2.23. The molecule has 1 heterocycles. The van der Waals surface area contributed by atoms with Crippen LogP contribution >= 0.6 is 34.8 Å². The van der Waals surface area contributed by atoms with Gasteiger partial charge >= 0.3 is 5.97 Å². The number of carbonyl (C=O) groups excluding carboxylic acids is 2. The summed E-state index contributed by atoms with van der Waals surface area (Å²) in [5, 5.41) is 2.45. The van der Waals surface area contributed by atoms with E-state index in [0.717, 1.165) is 5.57 Å². The van der Waals surface area contributed by atoms with Crippen LogP contribution in [0.4, 0.5) is 0 Å². The van der Waals surface area contributed by atoms with Gasteiger partial charge in [0.2, 0.25) is 0 Å². The van der Waals surface area contributed by atoms with E-state index >= 15 is 0 Å². The molecule has 1 aliphatic heterocycles. The fourth-order valence-electron chi connectivity index (χ4n) is 2.28. The zero-order valence-electron chi connectivity index (χ0n) is 13.0. The van der Waals surface area contributed by atoms with E-state index < -0.39 is 34.1 Å². The summed E-state index contributed by atoms with van der Waals surface area (Å²) in [6.07, 6.45) is -0.135. The van der Waals surface area contributed by atoms with Gasteiger partial charge in [-0.25, -0.2) is 4.79 Å². The molecule has 0 spiro atoms. The summed E-state index contributed by atoms with van der Waals surface area (Å²) in [4.78, 5) is 23.8. The van der Waals surface area contributed by atoms with Gasteiger partial charge in [-0.3, -0.25) is 4.79 Å². The SMILES string of the molecule is CC1=C[C@@H](NC(=O)C(Cl)(Cl)Cl)O[C@@H]1C(C)OC(=O)c1ccccc1. The molecular weight excluding hydrogens is 377 g/mol. The first kappa shape index (κ1) is 19.1. The van der Waals surface area contributed by atoms with Crippen molar-refractivity contribution in [2.24, 2.45) is 0 Å². The molecule has 2 rings (SSSR count). The van der Waals surface area contributed by atoms with Gasteiger partial charge in [-0.2, -0.15) is 0 Å². The van der Waals surface area contributed by atoms with Gasteiger partial charge < -0.3 is 14.8 Å². The number of nitrogens with one attached hydrogen (secondary N) is 1. The molecule has 8 heteroatoms. The molecule has 1 unspecified atom stereocenters. The minimum absolute atomic E-state index is 0.449. The largest absolute Gasteiger partial charge is 0.456 e. The number of alkyl halides is 3. The van der Waals surface area contributed by atoms with Crippen molar-refractivity contribution >= 4 is 46.7 Å². The van der Waals surface area contributed by atoms with Gasteiger partial charge in [0.25, 0.3) is 9.70 Å². The topological polar surface area (TPSA) is 64.6 Å². The third kappa shape index (κ3) is 4.86. The molecular formula is C16H16Cl3NO4. The molecule has 5 nitrogen and oxygen atoms in total. The minimum atomic E-state index is -2.07. The molecule has 1 aliphatic rings. The van der Waals surface area contributed by atoms with Crippen LogP contribution < -0.4 is 5.32 Å². The monoisotopic (exact) mass is 391 g/mol. The number of hydrogen-bond acceptors (Lipinski definition) is 4. The number of halogens is 3. The lowest BCUT2D eigenvalue weighted by Crippen LogP contribution is -2.42. The van der Waals surface area contributed by atoms with Gasteiger partial charge in [0, 0.05) is 0 Å². The number of amides is 1. The van der Waals surface area contributed by atoms with Crippen LogP contribution in [0, 0.1) is 0 Å². The van der Waals surface area contributed by atoms with Crippen molar-refractivity contribution in [2.75, 3.05) is 0 Å². The lowest BCUT2D eigenvalue weighted by molar-refractivity contribution is -0.125. The van der Waals surface area contributed by atoms with Crippen molar-refractivity contribution in [1.82, 2.24) is 5.32 Å². The molecule has 0 radical (unpaired) electrons. The van der Waals surface area contributed by atoms with Crippen LogP contribution in [0.2, 0.25) is 0 Å². The summed E-state index contributed by atoms with van der Waals surface area (Å²) in [5.74, 6) is -1.25. The first-order chi connectivity index (χ1) is 11.2. The van der Waals surface area contributed by atoms with Crippen molar-refractivity contribution in [3.8, 4) is 0 Å². The lowest BCUT2D eigenvalue weighted by atomic mass is 10.1. The smallest absolute Gasteiger partial charge is 0.338 e. The van der Waals surface area contributed by atoms with Gasteiger partial charge in [0.15, 0.2) is 6.23 Å². The molecule has 1 N–H and O–H groups in total. The molecule has 3 atom stereocenters. The summed E-state index contributed by atoms with van der Waals surface area (Å²) in [5.41, 5.74) is 1.25. The van der Waals surface area contributed by atoms with Crippen LogP contribution in [-0.2, 0) is 14.3 Å². The van der Waals surface area contributed by atoms with E-state index in [0.29, 0.717) is 5.56 Å². The quantitative estimate of drug-likeness (QED) is 0.485. The number of carbonyl (C=O) groups is 2. The maximum atomic E-state index is 12.1. The van der Waals surface area contributed by atoms with Gasteiger partial charge in [0.1, 0.15) is 12.2 Å². The van der Waals surface area contributed by atoms with E-state index in [-0.39, 0.29) is 0 Å². The van der Waals surface area contributed by atoms with Crippen molar-refractivity contribution in [3.63, 3.8) is 0 Å². The standard InChI is InChI=1S/C16H16Cl3NO4/c1-9-8-12(20-15(22)16(17,18)19)24-13(9)10(2)23-14(21)11-6-4-3-5-7-11/h3-8,10,12-13H,1-2H3,(H,20,22)/t10?,12-,13-/m0/s1. The molecule has 1 amide bonds. The van der Waals surface area contributed by atoms with Crippen molar-refractivity contribution in [2.45, 2.75) is 36.1 Å². The van der Waals surface area contributed by atoms with Crippen LogP contribution in [-0.4, -0.2) is 34.1 Å². The highest BCUT2D eigenvalue weighted by atomic mass is 35.6. The fourth-order valence-corrected chi connectivity index (χ4v) is 2.44. The van der Waals surface area contributed by atoms with Crippen LogP contribution in [0.25, 0.3) is 0 Å². The van der Waals surface area contributed by atoms with Gasteiger partial charge in [-0.15, -0.1) is 0 Å². The van der Waals surface area contributed by atoms with Crippen LogP contribution in [0.15, 0.2) is 42.0 Å². The average molecular weight is 393 g/mol. The predicted octanol–water partition coefficient (Wildman–Crippen LogP) is 3.39. The molecule has 0 saturated carbocycles. The Bertz CT molecular complexity index is 642. The fraction of sp³-hybridized carbons (Fsp3) is 0.375. The van der Waals surface area contributed by atoms with Gasteiger partial charge in [0.05, 0.1) is 5.56 Å². The van der Waals surface area contributed by atoms with E-state index in [1.165, 1.54) is 0 Å². The van der Waals surface area contributed by atoms with Crippen molar-refractivity contribution < 1.29 is 19.1 Å². The average Bonchev–Trinajstić information content (AvgIpc) is 2.87. The first-order valence-corrected chi connectivity index (χ1v) is 8.29. The van der Waals surface area contributed by atoms with Gasteiger partial charge in [-0.05, 0) is 37.6 Å². The zero-order valence-corrected chi connectivity index (χ0v) is 15.2. The Morgan fingerprint density at radius 1 is 1.25 bits per heavy atom. The zero-order chi connectivity index (χ0) is 17.9. The Morgan fingerprint density at radius 3 is 2.46 bits per heavy atom. The van der Waals surface area contributed by atoms with Gasteiger partial charge in [-0.1, -0.05) is 53.0 Å². The van der Waals surface area contributed by atoms with E-state index in [1.54, 1.807) is 44.2 Å². The Labute approximate surface area is 154 Å². The van der Waals surface area contributed by atoms with E-state index in [4.69, 9.17) is 44.3 Å². The first-order valence-electron chi connectivity index (χ1n) is 7.16. The Hall–Kier alpha value is -1.27.